The number of nitrogens with two attached hydrogens (primary N) is 1. The maximum Gasteiger partial charge on any atom is 0.329 e. The van der Waals surface area contributed by atoms with Crippen molar-refractivity contribution in [2.24, 2.45) is 5.84 Å². The molecular weight excluding hydrogens is 250 g/mol. The Morgan fingerprint density at radius 1 is 1.42 bits per heavy atom. The van der Waals surface area contributed by atoms with Gasteiger partial charge < -0.3 is 14.3 Å². The Morgan fingerprint density at radius 3 is 2.84 bits per heavy atom. The summed E-state index contributed by atoms with van der Waals surface area (Å²) in [5.41, 5.74) is 2.27. The molecule has 1 rings (SSSR count). The van der Waals surface area contributed by atoms with Gasteiger partial charge in [-0.2, -0.15) is 5.26 Å². The third-order valence-electron chi connectivity index (χ3n) is 2.11. The van der Waals surface area contributed by atoms with Crippen LogP contribution in [0, 0.1) is 11.3 Å². The van der Waals surface area contributed by atoms with Gasteiger partial charge in [-0.1, -0.05) is 5.59 Å². The fourth-order valence-corrected chi connectivity index (χ4v) is 1.33. The summed E-state index contributed by atoms with van der Waals surface area (Å²) in [4.78, 5) is 15.4. The standard InChI is InChI=1S/C12H15N3O4/c1-2-17-11-7-9(8-13)3-4-10(11)18-6-5-12(16)19-15-14/h3-4,7,15H,2,5-6,14H2,1H3. The maximum absolute atomic E-state index is 11.0. The molecule has 0 aromatic heterocycles. The number of ether oxygens (including phenoxy) is 2. The van der Waals surface area contributed by atoms with Crippen LogP contribution >= 0.6 is 0 Å². The molecule has 0 atom stereocenters. The summed E-state index contributed by atoms with van der Waals surface area (Å²) in [6.45, 7) is 2.39. The van der Waals surface area contributed by atoms with Gasteiger partial charge in [-0.25, -0.2) is 5.84 Å². The van der Waals surface area contributed by atoms with Crippen LogP contribution in [0.5, 0.6) is 11.5 Å². The molecule has 0 amide bonds. The molecule has 19 heavy (non-hydrogen) atoms. The van der Waals surface area contributed by atoms with Crippen LogP contribution in [-0.2, 0) is 9.63 Å². The third-order valence-corrected chi connectivity index (χ3v) is 2.11. The molecular formula is C12H15N3O4. The largest absolute Gasteiger partial charge is 0.490 e. The lowest BCUT2D eigenvalue weighted by molar-refractivity contribution is -0.151. The molecule has 0 saturated carbocycles. The van der Waals surface area contributed by atoms with E-state index >= 15 is 0 Å². The van der Waals surface area contributed by atoms with E-state index in [9.17, 15) is 4.79 Å². The van der Waals surface area contributed by atoms with Crippen molar-refractivity contribution in [2.75, 3.05) is 13.2 Å². The molecule has 0 saturated heterocycles. The first kappa shape index (κ1) is 14.8. The zero-order valence-electron chi connectivity index (χ0n) is 10.5. The highest BCUT2D eigenvalue weighted by Crippen LogP contribution is 2.28. The zero-order chi connectivity index (χ0) is 14.1. The van der Waals surface area contributed by atoms with Crippen LogP contribution in [0.3, 0.4) is 0 Å². The zero-order valence-corrected chi connectivity index (χ0v) is 10.5. The van der Waals surface area contributed by atoms with E-state index in [1.807, 2.05) is 13.0 Å². The van der Waals surface area contributed by atoms with Crippen LogP contribution in [0.2, 0.25) is 0 Å². The van der Waals surface area contributed by atoms with Crippen molar-refractivity contribution in [3.05, 3.63) is 23.8 Å². The van der Waals surface area contributed by atoms with Gasteiger partial charge in [0.15, 0.2) is 11.5 Å². The molecule has 7 nitrogen and oxygen atoms in total. The van der Waals surface area contributed by atoms with E-state index in [4.69, 9.17) is 20.6 Å². The number of nitrogens with zero attached hydrogens (tertiary/aromatic N) is 1. The lowest BCUT2D eigenvalue weighted by Gasteiger charge is -2.11. The van der Waals surface area contributed by atoms with Gasteiger partial charge in [0.2, 0.25) is 0 Å². The smallest absolute Gasteiger partial charge is 0.329 e. The first-order valence-corrected chi connectivity index (χ1v) is 5.66. The Labute approximate surface area is 110 Å². The summed E-state index contributed by atoms with van der Waals surface area (Å²) in [5.74, 6) is 5.22. The molecule has 0 heterocycles. The number of benzene rings is 1. The summed E-state index contributed by atoms with van der Waals surface area (Å²) in [6.07, 6.45) is 0.0375. The van der Waals surface area contributed by atoms with Gasteiger partial charge in [-0.3, -0.25) is 4.79 Å². The van der Waals surface area contributed by atoms with Crippen molar-refractivity contribution < 1.29 is 19.1 Å². The average Bonchev–Trinajstić information content (AvgIpc) is 2.41. The van der Waals surface area contributed by atoms with Crippen molar-refractivity contribution in [2.45, 2.75) is 13.3 Å². The molecule has 3 N–H and O–H groups in total. The van der Waals surface area contributed by atoms with Crippen molar-refractivity contribution in [1.82, 2.24) is 5.59 Å². The number of carbonyl (C=O) groups is 1. The van der Waals surface area contributed by atoms with E-state index < -0.39 is 5.97 Å². The van der Waals surface area contributed by atoms with Crippen LogP contribution < -0.4 is 20.9 Å². The normalized spacial score (nSPS) is 9.53. The third kappa shape index (κ3) is 4.83. The summed E-state index contributed by atoms with van der Waals surface area (Å²) in [5, 5.41) is 8.80. The van der Waals surface area contributed by atoms with Crippen molar-refractivity contribution >= 4 is 5.97 Å². The molecule has 0 spiro atoms. The molecule has 7 heteroatoms. The first-order valence-electron chi connectivity index (χ1n) is 5.66. The highest BCUT2D eigenvalue weighted by molar-refractivity contribution is 5.69. The molecule has 0 fully saturated rings. The lowest BCUT2D eigenvalue weighted by atomic mass is 10.2. The fourth-order valence-electron chi connectivity index (χ4n) is 1.33. The molecule has 0 radical (unpaired) electrons. The summed E-state index contributed by atoms with van der Waals surface area (Å²) in [6, 6.07) is 6.82. The molecule has 102 valence electrons. The van der Waals surface area contributed by atoms with E-state index in [1.165, 1.54) is 0 Å². The monoisotopic (exact) mass is 265 g/mol. The van der Waals surface area contributed by atoms with Crippen molar-refractivity contribution in [1.29, 1.82) is 5.26 Å². The number of hydrazine groups is 1. The minimum absolute atomic E-state index is 0.0375. The van der Waals surface area contributed by atoms with Gasteiger partial charge in [0.25, 0.3) is 0 Å². The van der Waals surface area contributed by atoms with E-state index in [2.05, 4.69) is 4.84 Å². The number of hydrogen-bond acceptors (Lipinski definition) is 7. The molecule has 0 aliphatic carbocycles. The van der Waals surface area contributed by atoms with Gasteiger partial charge in [0, 0.05) is 6.07 Å². The number of carbonyl (C=O) groups excluding carboxylic acids is 1. The average molecular weight is 265 g/mol. The molecule has 0 aliphatic rings. The predicted octanol–water partition coefficient (Wildman–Crippen LogP) is 0.647. The van der Waals surface area contributed by atoms with Gasteiger partial charge in [-0.05, 0) is 19.1 Å². The van der Waals surface area contributed by atoms with E-state index in [0.717, 1.165) is 0 Å². The highest BCUT2D eigenvalue weighted by Gasteiger charge is 2.08. The van der Waals surface area contributed by atoms with E-state index in [-0.39, 0.29) is 13.0 Å². The second-order valence-electron chi connectivity index (χ2n) is 3.40. The van der Waals surface area contributed by atoms with Crippen LogP contribution in [-0.4, -0.2) is 19.2 Å². The summed E-state index contributed by atoms with van der Waals surface area (Å²) >= 11 is 0. The Kier molecular flexibility index (Phi) is 6.15. The Bertz CT molecular complexity index is 471. The SMILES string of the molecule is CCOc1cc(C#N)ccc1OCCC(=O)ONN. The Hall–Kier alpha value is -2.30. The second kappa shape index (κ2) is 7.92. The van der Waals surface area contributed by atoms with Crippen LogP contribution in [0.4, 0.5) is 0 Å². The van der Waals surface area contributed by atoms with Crippen LogP contribution in [0.15, 0.2) is 18.2 Å². The topological polar surface area (TPSA) is 107 Å². The number of nitrogens with one attached hydrogen (secondary N) is 1. The Balaban J connectivity index is 2.62. The molecule has 0 aliphatic heterocycles. The summed E-state index contributed by atoms with van der Waals surface area (Å²) in [7, 11) is 0. The minimum atomic E-state index is -0.533. The number of nitriles is 1. The van der Waals surface area contributed by atoms with Crippen molar-refractivity contribution in [3.8, 4) is 17.6 Å². The molecule has 0 bridgehead atoms. The van der Waals surface area contributed by atoms with E-state index in [1.54, 1.807) is 23.8 Å². The van der Waals surface area contributed by atoms with Crippen LogP contribution in [0.1, 0.15) is 18.9 Å². The van der Waals surface area contributed by atoms with Gasteiger partial charge in [0.05, 0.1) is 31.3 Å². The fraction of sp³-hybridized carbons (Fsp3) is 0.333. The molecule has 1 aromatic rings. The minimum Gasteiger partial charge on any atom is -0.490 e. The highest BCUT2D eigenvalue weighted by atomic mass is 16.7. The second-order valence-corrected chi connectivity index (χ2v) is 3.40. The first-order chi connectivity index (χ1) is 9.21. The Morgan fingerprint density at radius 2 is 2.21 bits per heavy atom. The van der Waals surface area contributed by atoms with Gasteiger partial charge in [-0.15, -0.1) is 0 Å². The number of hydrogen-bond donors (Lipinski definition) is 2. The molecule has 0 unspecified atom stereocenters. The quantitative estimate of drug-likeness (QED) is 0.550. The number of rotatable bonds is 7. The predicted molar refractivity (Wildman–Crippen MR) is 65.9 cm³/mol. The van der Waals surface area contributed by atoms with Gasteiger partial charge in [0.1, 0.15) is 0 Å². The maximum atomic E-state index is 11.0. The van der Waals surface area contributed by atoms with Crippen LogP contribution in [0.25, 0.3) is 0 Å². The molecule has 1 aromatic carbocycles. The van der Waals surface area contributed by atoms with Crippen molar-refractivity contribution in [3.63, 3.8) is 0 Å². The lowest BCUT2D eigenvalue weighted by Crippen LogP contribution is -2.26. The summed E-state index contributed by atoms with van der Waals surface area (Å²) < 4.78 is 10.8. The van der Waals surface area contributed by atoms with Gasteiger partial charge >= 0.3 is 5.97 Å². The van der Waals surface area contributed by atoms with E-state index in [0.29, 0.717) is 23.7 Å².